The number of rotatable bonds is 5. The van der Waals surface area contributed by atoms with Gasteiger partial charge in [-0.1, -0.05) is 13.8 Å². The number of nitrogens with one attached hydrogen (secondary N) is 1. The van der Waals surface area contributed by atoms with Crippen molar-refractivity contribution in [3.05, 3.63) is 18.2 Å². The van der Waals surface area contributed by atoms with E-state index in [9.17, 15) is 0 Å². The molecule has 1 aliphatic heterocycles. The third-order valence-corrected chi connectivity index (χ3v) is 5.65. The van der Waals surface area contributed by atoms with Gasteiger partial charge in [-0.25, -0.2) is 0 Å². The number of methoxy groups -OCH3 is 2. The van der Waals surface area contributed by atoms with Gasteiger partial charge in [-0.3, -0.25) is 0 Å². The second kappa shape index (κ2) is 6.60. The molecule has 1 N–H and O–H groups in total. The average molecular weight is 318 g/mol. The van der Waals surface area contributed by atoms with Crippen LogP contribution >= 0.6 is 0 Å². The molecule has 0 bridgehead atoms. The fourth-order valence-electron chi connectivity index (χ4n) is 3.74. The summed E-state index contributed by atoms with van der Waals surface area (Å²) in [5, 5.41) is 3.89. The van der Waals surface area contributed by atoms with Crippen LogP contribution in [0.1, 0.15) is 39.5 Å². The summed E-state index contributed by atoms with van der Waals surface area (Å²) in [5.41, 5.74) is 1.68. The molecular formula is C19H30N2O2. The highest BCUT2D eigenvalue weighted by Gasteiger charge is 2.39. The van der Waals surface area contributed by atoms with Crippen LogP contribution in [0.25, 0.3) is 0 Å². The van der Waals surface area contributed by atoms with Crippen LogP contribution in [0, 0.1) is 5.41 Å². The minimum Gasteiger partial charge on any atom is -0.497 e. The summed E-state index contributed by atoms with van der Waals surface area (Å²) in [7, 11) is 3.41. The molecule has 1 aliphatic carbocycles. The Bertz CT molecular complexity index is 514. The average Bonchev–Trinajstić information content (AvgIpc) is 2.58. The molecule has 1 aromatic rings. The Hall–Kier alpha value is -1.42. The minimum atomic E-state index is 0.483. The Morgan fingerprint density at radius 1 is 1.00 bits per heavy atom. The van der Waals surface area contributed by atoms with Crippen molar-refractivity contribution >= 4 is 5.69 Å². The molecule has 1 unspecified atom stereocenters. The molecule has 23 heavy (non-hydrogen) atoms. The molecule has 0 radical (unpaired) electrons. The van der Waals surface area contributed by atoms with Gasteiger partial charge in [0.1, 0.15) is 11.5 Å². The molecule has 1 heterocycles. The van der Waals surface area contributed by atoms with Crippen LogP contribution < -0.4 is 19.7 Å². The molecule has 4 nitrogen and oxygen atoms in total. The van der Waals surface area contributed by atoms with Crippen molar-refractivity contribution in [1.82, 2.24) is 5.32 Å². The highest BCUT2D eigenvalue weighted by Crippen LogP contribution is 2.40. The van der Waals surface area contributed by atoms with Gasteiger partial charge in [0.15, 0.2) is 0 Å². The first-order valence-electron chi connectivity index (χ1n) is 8.76. The van der Waals surface area contributed by atoms with E-state index in [0.29, 0.717) is 17.5 Å². The molecule has 1 aromatic carbocycles. The van der Waals surface area contributed by atoms with Gasteiger partial charge in [-0.2, -0.15) is 0 Å². The van der Waals surface area contributed by atoms with E-state index in [0.717, 1.165) is 24.6 Å². The molecule has 4 heteroatoms. The number of nitrogens with zero attached hydrogens (tertiary/aromatic N) is 1. The van der Waals surface area contributed by atoms with E-state index in [1.54, 1.807) is 14.2 Å². The van der Waals surface area contributed by atoms with Crippen LogP contribution in [-0.4, -0.2) is 39.4 Å². The smallest absolute Gasteiger partial charge is 0.124 e. The van der Waals surface area contributed by atoms with Crippen molar-refractivity contribution in [2.75, 3.05) is 32.2 Å². The maximum Gasteiger partial charge on any atom is 0.124 e. The number of anilines is 1. The normalized spacial score (nSPS) is 24.2. The van der Waals surface area contributed by atoms with Crippen LogP contribution in [0.15, 0.2) is 18.2 Å². The van der Waals surface area contributed by atoms with Crippen molar-refractivity contribution in [1.29, 1.82) is 0 Å². The molecule has 3 rings (SSSR count). The lowest BCUT2D eigenvalue weighted by atomic mass is 9.67. The molecule has 1 saturated carbocycles. The molecule has 0 amide bonds. The summed E-state index contributed by atoms with van der Waals surface area (Å²) in [4.78, 5) is 2.44. The number of hydrogen-bond acceptors (Lipinski definition) is 4. The summed E-state index contributed by atoms with van der Waals surface area (Å²) >= 11 is 0. The Labute approximate surface area is 140 Å². The number of ether oxygens (including phenoxy) is 2. The molecule has 2 fully saturated rings. The molecular weight excluding hydrogens is 288 g/mol. The standard InChI is InChI=1S/C19H30N2O2/c1-19(2)8-5-18(19)20-14-6-9-21(10-7-14)15-11-16(22-3)13-17(12-15)23-4/h11-14,18,20H,5-10H2,1-4H3. The Morgan fingerprint density at radius 2 is 1.61 bits per heavy atom. The second-order valence-corrected chi connectivity index (χ2v) is 7.58. The van der Waals surface area contributed by atoms with Crippen molar-refractivity contribution in [3.8, 4) is 11.5 Å². The summed E-state index contributed by atoms with van der Waals surface area (Å²) < 4.78 is 10.8. The number of benzene rings is 1. The Morgan fingerprint density at radius 3 is 2.04 bits per heavy atom. The fraction of sp³-hybridized carbons (Fsp3) is 0.684. The highest BCUT2D eigenvalue weighted by molar-refractivity contribution is 5.56. The largest absolute Gasteiger partial charge is 0.497 e. The van der Waals surface area contributed by atoms with E-state index < -0.39 is 0 Å². The van der Waals surface area contributed by atoms with Crippen LogP contribution in [0.2, 0.25) is 0 Å². The quantitative estimate of drug-likeness (QED) is 0.901. The van der Waals surface area contributed by atoms with E-state index in [-0.39, 0.29) is 0 Å². The van der Waals surface area contributed by atoms with Crippen molar-refractivity contribution in [2.45, 2.75) is 51.6 Å². The van der Waals surface area contributed by atoms with Crippen LogP contribution in [0.5, 0.6) is 11.5 Å². The molecule has 1 saturated heterocycles. The van der Waals surface area contributed by atoms with Crippen LogP contribution in [0.3, 0.4) is 0 Å². The van der Waals surface area contributed by atoms with Gasteiger partial charge in [-0.05, 0) is 31.1 Å². The van der Waals surface area contributed by atoms with Crippen molar-refractivity contribution < 1.29 is 9.47 Å². The zero-order valence-electron chi connectivity index (χ0n) is 14.9. The second-order valence-electron chi connectivity index (χ2n) is 7.58. The zero-order valence-corrected chi connectivity index (χ0v) is 14.9. The number of hydrogen-bond donors (Lipinski definition) is 1. The Kier molecular flexibility index (Phi) is 4.72. The first-order valence-corrected chi connectivity index (χ1v) is 8.76. The third-order valence-electron chi connectivity index (χ3n) is 5.65. The molecule has 0 aromatic heterocycles. The van der Waals surface area contributed by atoms with E-state index in [1.807, 2.05) is 6.07 Å². The molecule has 128 valence electrons. The van der Waals surface area contributed by atoms with Crippen LogP contribution in [0.4, 0.5) is 5.69 Å². The monoisotopic (exact) mass is 318 g/mol. The molecule has 2 aliphatic rings. The summed E-state index contributed by atoms with van der Waals surface area (Å²) in [6.45, 7) is 6.93. The summed E-state index contributed by atoms with van der Waals surface area (Å²) in [6.07, 6.45) is 5.09. The van der Waals surface area contributed by atoms with Gasteiger partial charge < -0.3 is 19.7 Å². The fourth-order valence-corrected chi connectivity index (χ4v) is 3.74. The maximum atomic E-state index is 5.39. The first-order chi connectivity index (χ1) is 11.0. The molecule has 1 atom stereocenters. The number of piperidine rings is 1. The predicted molar refractivity (Wildman–Crippen MR) is 94.7 cm³/mol. The lowest BCUT2D eigenvalue weighted by molar-refractivity contribution is 0.0938. The Balaban J connectivity index is 1.58. The third kappa shape index (κ3) is 3.57. The van der Waals surface area contributed by atoms with Gasteiger partial charge >= 0.3 is 0 Å². The van der Waals surface area contributed by atoms with E-state index in [4.69, 9.17) is 9.47 Å². The van der Waals surface area contributed by atoms with E-state index >= 15 is 0 Å². The SMILES string of the molecule is COc1cc(OC)cc(N2CCC(NC3CCC3(C)C)CC2)c1. The first kappa shape index (κ1) is 16.4. The van der Waals surface area contributed by atoms with E-state index in [2.05, 4.69) is 36.2 Å². The van der Waals surface area contributed by atoms with Crippen molar-refractivity contribution in [2.24, 2.45) is 5.41 Å². The van der Waals surface area contributed by atoms with Crippen molar-refractivity contribution in [3.63, 3.8) is 0 Å². The van der Waals surface area contributed by atoms with Gasteiger partial charge in [0.05, 0.1) is 14.2 Å². The predicted octanol–water partition coefficient (Wildman–Crippen LogP) is 3.45. The van der Waals surface area contributed by atoms with Gasteiger partial charge in [0.2, 0.25) is 0 Å². The zero-order chi connectivity index (χ0) is 16.4. The lowest BCUT2D eigenvalue weighted by Crippen LogP contribution is -2.55. The highest BCUT2D eigenvalue weighted by atomic mass is 16.5. The lowest BCUT2D eigenvalue weighted by Gasteiger charge is -2.48. The summed E-state index contributed by atoms with van der Waals surface area (Å²) in [6, 6.07) is 7.49. The molecule has 0 spiro atoms. The van der Waals surface area contributed by atoms with E-state index in [1.165, 1.54) is 31.4 Å². The maximum absolute atomic E-state index is 5.39. The van der Waals surface area contributed by atoms with Crippen LogP contribution in [-0.2, 0) is 0 Å². The van der Waals surface area contributed by atoms with Gasteiger partial charge in [0.25, 0.3) is 0 Å². The summed E-state index contributed by atoms with van der Waals surface area (Å²) in [5.74, 6) is 1.71. The minimum absolute atomic E-state index is 0.483. The van der Waals surface area contributed by atoms with Gasteiger partial charge in [0, 0.05) is 49.1 Å². The topological polar surface area (TPSA) is 33.7 Å². The van der Waals surface area contributed by atoms with Gasteiger partial charge in [-0.15, -0.1) is 0 Å².